The maximum absolute atomic E-state index is 12.8. The lowest BCUT2D eigenvalue weighted by Crippen LogP contribution is -2.09. The average Bonchev–Trinajstić information content (AvgIpc) is 2.49. The van der Waals surface area contributed by atoms with E-state index in [1.165, 1.54) is 0 Å². The van der Waals surface area contributed by atoms with E-state index in [0.717, 1.165) is 21.2 Å². The molecule has 0 radical (unpaired) electrons. The molecule has 3 nitrogen and oxygen atoms in total. The quantitative estimate of drug-likeness (QED) is 0.754. The summed E-state index contributed by atoms with van der Waals surface area (Å²) in [5, 5.41) is 0.645. The second-order valence-corrected chi connectivity index (χ2v) is 5.71. The first-order valence-electron chi connectivity index (χ1n) is 6.57. The standard InChI is InChI=1S/C17H14BrNO2/c1-10-16(11-6-4-3-5-7-11)17(20)12-8-13(18)15(21-2)9-14(12)19-10/h3-9H,1-2H3,(H,19,20). The first-order chi connectivity index (χ1) is 10.1. The number of aromatic amines is 1. The summed E-state index contributed by atoms with van der Waals surface area (Å²) in [5.41, 5.74) is 3.28. The summed E-state index contributed by atoms with van der Waals surface area (Å²) in [7, 11) is 1.61. The van der Waals surface area contributed by atoms with Crippen LogP contribution in [-0.4, -0.2) is 12.1 Å². The minimum absolute atomic E-state index is 0.0239. The maximum Gasteiger partial charge on any atom is 0.197 e. The minimum atomic E-state index is 0.0239. The van der Waals surface area contributed by atoms with Crippen LogP contribution in [0.5, 0.6) is 5.75 Å². The van der Waals surface area contributed by atoms with Gasteiger partial charge in [-0.15, -0.1) is 0 Å². The molecular weight excluding hydrogens is 330 g/mol. The Morgan fingerprint density at radius 2 is 1.86 bits per heavy atom. The van der Waals surface area contributed by atoms with Gasteiger partial charge in [-0.05, 0) is 34.5 Å². The molecule has 2 aromatic carbocycles. The molecule has 4 heteroatoms. The van der Waals surface area contributed by atoms with Crippen LogP contribution in [0.25, 0.3) is 22.0 Å². The van der Waals surface area contributed by atoms with E-state index in [2.05, 4.69) is 20.9 Å². The molecule has 1 aromatic heterocycles. The molecule has 21 heavy (non-hydrogen) atoms. The maximum atomic E-state index is 12.8. The summed E-state index contributed by atoms with van der Waals surface area (Å²) in [6.07, 6.45) is 0. The monoisotopic (exact) mass is 343 g/mol. The van der Waals surface area contributed by atoms with Gasteiger partial charge in [0, 0.05) is 22.7 Å². The number of methoxy groups -OCH3 is 1. The van der Waals surface area contributed by atoms with Gasteiger partial charge >= 0.3 is 0 Å². The smallest absolute Gasteiger partial charge is 0.197 e. The van der Waals surface area contributed by atoms with E-state index in [-0.39, 0.29) is 5.43 Å². The number of fused-ring (bicyclic) bond motifs is 1. The molecule has 0 amide bonds. The molecule has 0 bridgehead atoms. The lowest BCUT2D eigenvalue weighted by Gasteiger charge is -2.10. The highest BCUT2D eigenvalue weighted by atomic mass is 79.9. The van der Waals surface area contributed by atoms with Crippen molar-refractivity contribution in [1.82, 2.24) is 4.98 Å². The predicted molar refractivity (Wildman–Crippen MR) is 89.0 cm³/mol. The van der Waals surface area contributed by atoms with Crippen LogP contribution in [0.15, 0.2) is 51.7 Å². The Morgan fingerprint density at radius 1 is 1.14 bits per heavy atom. The van der Waals surface area contributed by atoms with Crippen LogP contribution in [-0.2, 0) is 0 Å². The summed E-state index contributed by atoms with van der Waals surface area (Å²) in [5.74, 6) is 0.699. The summed E-state index contributed by atoms with van der Waals surface area (Å²) >= 11 is 3.43. The molecule has 0 saturated heterocycles. The topological polar surface area (TPSA) is 42.1 Å². The normalized spacial score (nSPS) is 10.8. The van der Waals surface area contributed by atoms with Gasteiger partial charge in [0.25, 0.3) is 0 Å². The molecule has 3 aromatic rings. The number of rotatable bonds is 2. The van der Waals surface area contributed by atoms with Crippen LogP contribution < -0.4 is 10.2 Å². The Morgan fingerprint density at radius 3 is 2.52 bits per heavy atom. The second kappa shape index (κ2) is 5.37. The van der Waals surface area contributed by atoms with Crippen molar-refractivity contribution in [3.05, 3.63) is 62.9 Å². The largest absolute Gasteiger partial charge is 0.495 e. The molecule has 3 rings (SSSR count). The van der Waals surface area contributed by atoms with Crippen LogP contribution in [0.2, 0.25) is 0 Å². The number of halogens is 1. The summed E-state index contributed by atoms with van der Waals surface area (Å²) in [6.45, 7) is 1.91. The molecule has 0 atom stereocenters. The van der Waals surface area contributed by atoms with Crippen molar-refractivity contribution in [2.75, 3.05) is 7.11 Å². The van der Waals surface area contributed by atoms with Gasteiger partial charge in [-0.3, -0.25) is 4.79 Å². The molecule has 106 valence electrons. The summed E-state index contributed by atoms with van der Waals surface area (Å²) in [6, 6.07) is 13.3. The predicted octanol–water partition coefficient (Wildman–Crippen LogP) is 4.27. The number of aryl methyl sites for hydroxylation is 1. The third kappa shape index (κ3) is 2.36. The molecule has 0 aliphatic rings. The second-order valence-electron chi connectivity index (χ2n) is 4.85. The highest BCUT2D eigenvalue weighted by Crippen LogP contribution is 2.30. The van der Waals surface area contributed by atoms with E-state index in [0.29, 0.717) is 16.7 Å². The highest BCUT2D eigenvalue weighted by Gasteiger charge is 2.13. The van der Waals surface area contributed by atoms with Gasteiger partial charge < -0.3 is 9.72 Å². The van der Waals surface area contributed by atoms with E-state index >= 15 is 0 Å². The molecule has 0 aliphatic heterocycles. The Hall–Kier alpha value is -2.07. The molecule has 0 spiro atoms. The number of aromatic nitrogens is 1. The number of ether oxygens (including phenoxy) is 1. The number of hydrogen-bond acceptors (Lipinski definition) is 2. The van der Waals surface area contributed by atoms with Gasteiger partial charge in [-0.1, -0.05) is 30.3 Å². The first kappa shape index (κ1) is 13.9. The van der Waals surface area contributed by atoms with E-state index in [4.69, 9.17) is 4.74 Å². The molecule has 0 unspecified atom stereocenters. The van der Waals surface area contributed by atoms with Gasteiger partial charge in [-0.2, -0.15) is 0 Å². The Kier molecular flexibility index (Phi) is 3.55. The molecule has 0 fully saturated rings. The SMILES string of the molecule is COc1cc2[nH]c(C)c(-c3ccccc3)c(=O)c2cc1Br. The van der Waals surface area contributed by atoms with E-state index in [1.54, 1.807) is 13.2 Å². The molecule has 1 N–H and O–H groups in total. The van der Waals surface area contributed by atoms with Crippen molar-refractivity contribution >= 4 is 26.8 Å². The fourth-order valence-electron chi connectivity index (χ4n) is 2.52. The Bertz CT molecular complexity index is 869. The molecule has 1 heterocycles. The number of hydrogen-bond donors (Lipinski definition) is 1. The van der Waals surface area contributed by atoms with Crippen molar-refractivity contribution in [2.45, 2.75) is 6.92 Å². The van der Waals surface area contributed by atoms with Gasteiger partial charge in [-0.25, -0.2) is 0 Å². The molecule has 0 saturated carbocycles. The fraction of sp³-hybridized carbons (Fsp3) is 0.118. The molecular formula is C17H14BrNO2. The number of benzene rings is 2. The van der Waals surface area contributed by atoms with E-state index in [1.807, 2.05) is 43.3 Å². The third-order valence-corrected chi connectivity index (χ3v) is 4.14. The van der Waals surface area contributed by atoms with Crippen molar-refractivity contribution < 1.29 is 4.74 Å². The van der Waals surface area contributed by atoms with Gasteiger partial charge in [0.05, 0.1) is 17.1 Å². The van der Waals surface area contributed by atoms with Gasteiger partial charge in [0.2, 0.25) is 0 Å². The van der Waals surface area contributed by atoms with E-state index in [9.17, 15) is 4.79 Å². The van der Waals surface area contributed by atoms with Crippen LogP contribution in [0.3, 0.4) is 0 Å². The summed E-state index contributed by atoms with van der Waals surface area (Å²) < 4.78 is 6.05. The fourth-order valence-corrected chi connectivity index (χ4v) is 3.03. The van der Waals surface area contributed by atoms with Crippen molar-refractivity contribution in [2.24, 2.45) is 0 Å². The highest BCUT2D eigenvalue weighted by molar-refractivity contribution is 9.10. The lowest BCUT2D eigenvalue weighted by atomic mass is 10.0. The zero-order valence-corrected chi connectivity index (χ0v) is 13.3. The Labute approximate surface area is 130 Å². The Balaban J connectivity index is 2.37. The summed E-state index contributed by atoms with van der Waals surface area (Å²) in [4.78, 5) is 16.1. The van der Waals surface area contributed by atoms with Crippen LogP contribution >= 0.6 is 15.9 Å². The number of pyridine rings is 1. The van der Waals surface area contributed by atoms with Gasteiger partial charge in [0.1, 0.15) is 5.75 Å². The lowest BCUT2D eigenvalue weighted by molar-refractivity contribution is 0.412. The molecule has 0 aliphatic carbocycles. The first-order valence-corrected chi connectivity index (χ1v) is 7.36. The van der Waals surface area contributed by atoms with Crippen LogP contribution in [0.1, 0.15) is 5.69 Å². The average molecular weight is 344 g/mol. The van der Waals surface area contributed by atoms with Crippen molar-refractivity contribution in [1.29, 1.82) is 0 Å². The number of nitrogens with one attached hydrogen (secondary N) is 1. The zero-order valence-electron chi connectivity index (χ0n) is 11.7. The third-order valence-electron chi connectivity index (χ3n) is 3.52. The minimum Gasteiger partial charge on any atom is -0.495 e. The van der Waals surface area contributed by atoms with Crippen molar-refractivity contribution in [3.8, 4) is 16.9 Å². The number of H-pyrrole nitrogens is 1. The zero-order chi connectivity index (χ0) is 15.0. The van der Waals surface area contributed by atoms with E-state index < -0.39 is 0 Å². The van der Waals surface area contributed by atoms with Crippen LogP contribution in [0.4, 0.5) is 0 Å². The van der Waals surface area contributed by atoms with Crippen molar-refractivity contribution in [3.63, 3.8) is 0 Å². The van der Waals surface area contributed by atoms with Crippen LogP contribution in [0, 0.1) is 6.92 Å². The van der Waals surface area contributed by atoms with Gasteiger partial charge in [0.15, 0.2) is 5.43 Å².